The lowest BCUT2D eigenvalue weighted by Gasteiger charge is -2.35. The molecular formula is C17H32ClNO3. The summed E-state index contributed by atoms with van der Waals surface area (Å²) in [6, 6.07) is 0. The van der Waals surface area contributed by atoms with E-state index in [1.165, 1.54) is 25.7 Å². The van der Waals surface area contributed by atoms with Gasteiger partial charge in [-0.3, -0.25) is 4.79 Å². The molecule has 2 fully saturated rings. The van der Waals surface area contributed by atoms with Gasteiger partial charge < -0.3 is 14.7 Å². The fourth-order valence-corrected chi connectivity index (χ4v) is 3.52. The van der Waals surface area contributed by atoms with Crippen molar-refractivity contribution in [3.63, 3.8) is 0 Å². The van der Waals surface area contributed by atoms with Gasteiger partial charge in [-0.15, -0.1) is 12.4 Å². The number of piperidine rings is 1. The van der Waals surface area contributed by atoms with Gasteiger partial charge in [0.2, 0.25) is 0 Å². The maximum atomic E-state index is 10.5. The molecule has 1 saturated heterocycles. The summed E-state index contributed by atoms with van der Waals surface area (Å²) < 4.78 is 6.28. The van der Waals surface area contributed by atoms with Crippen molar-refractivity contribution in [3.05, 3.63) is 0 Å². The number of hydrogen-bond donors (Lipinski definition) is 1. The summed E-state index contributed by atoms with van der Waals surface area (Å²) in [5.41, 5.74) is 0. The first-order valence-corrected chi connectivity index (χ1v) is 8.73. The molecule has 1 aliphatic carbocycles. The Bertz CT molecular complexity index is 311. The van der Waals surface area contributed by atoms with E-state index in [1.807, 2.05) is 0 Å². The fourth-order valence-electron chi connectivity index (χ4n) is 3.52. The highest BCUT2D eigenvalue weighted by molar-refractivity contribution is 5.85. The first-order valence-electron chi connectivity index (χ1n) is 8.73. The number of unbranched alkanes of at least 4 members (excludes halogenated alkanes) is 1. The molecule has 1 saturated carbocycles. The standard InChI is InChI=1S/C17H31NO3.ClH/c1-14-5-7-15(8-6-14)21-16-9-12-18(13-10-16)11-3-2-4-17(19)20;/h14-16H,2-13H2,1H3,(H,19,20);1H. The SMILES string of the molecule is CC1CCC(OC2CCN(CCCCC(=O)O)CC2)CC1.Cl. The second kappa shape index (κ2) is 10.5. The highest BCUT2D eigenvalue weighted by Gasteiger charge is 2.25. The van der Waals surface area contributed by atoms with Crippen molar-refractivity contribution >= 4 is 18.4 Å². The number of halogens is 1. The van der Waals surface area contributed by atoms with Crippen LogP contribution >= 0.6 is 12.4 Å². The van der Waals surface area contributed by atoms with E-state index in [0.717, 1.165) is 51.2 Å². The van der Waals surface area contributed by atoms with Crippen LogP contribution in [0.2, 0.25) is 0 Å². The number of carbonyl (C=O) groups is 1. The van der Waals surface area contributed by atoms with Gasteiger partial charge in [0, 0.05) is 19.5 Å². The minimum atomic E-state index is -0.677. The first kappa shape index (κ1) is 19.7. The number of carboxylic acids is 1. The molecule has 0 radical (unpaired) electrons. The molecule has 0 amide bonds. The van der Waals surface area contributed by atoms with Crippen LogP contribution in [0, 0.1) is 5.92 Å². The fraction of sp³-hybridized carbons (Fsp3) is 0.941. The Hall–Kier alpha value is -0.320. The summed E-state index contributed by atoms with van der Waals surface area (Å²) in [4.78, 5) is 12.9. The third-order valence-corrected chi connectivity index (χ3v) is 5.00. The van der Waals surface area contributed by atoms with Crippen LogP contribution < -0.4 is 0 Å². The molecule has 5 heteroatoms. The van der Waals surface area contributed by atoms with Crippen molar-refractivity contribution < 1.29 is 14.6 Å². The van der Waals surface area contributed by atoms with Gasteiger partial charge in [-0.2, -0.15) is 0 Å². The molecule has 130 valence electrons. The molecule has 2 rings (SSSR count). The Morgan fingerprint density at radius 2 is 1.64 bits per heavy atom. The Balaban J connectivity index is 0.00000242. The molecule has 4 nitrogen and oxygen atoms in total. The molecule has 0 atom stereocenters. The minimum absolute atomic E-state index is 0. The molecule has 2 aliphatic rings. The molecule has 1 heterocycles. The summed E-state index contributed by atoms with van der Waals surface area (Å²) in [6.45, 7) is 5.61. The molecular weight excluding hydrogens is 302 g/mol. The average Bonchev–Trinajstić information content (AvgIpc) is 2.47. The largest absolute Gasteiger partial charge is 0.481 e. The second-order valence-corrected chi connectivity index (χ2v) is 6.91. The maximum Gasteiger partial charge on any atom is 0.303 e. The predicted molar refractivity (Wildman–Crippen MR) is 90.7 cm³/mol. The molecule has 0 aromatic rings. The molecule has 22 heavy (non-hydrogen) atoms. The van der Waals surface area contributed by atoms with Crippen LogP contribution in [-0.2, 0) is 9.53 Å². The number of rotatable bonds is 7. The van der Waals surface area contributed by atoms with Gasteiger partial charge in [-0.1, -0.05) is 6.92 Å². The molecule has 0 aromatic carbocycles. The van der Waals surface area contributed by atoms with Crippen LogP contribution in [0.3, 0.4) is 0 Å². The molecule has 0 bridgehead atoms. The van der Waals surface area contributed by atoms with Crippen LogP contribution in [-0.4, -0.2) is 47.8 Å². The summed E-state index contributed by atoms with van der Waals surface area (Å²) in [7, 11) is 0. The van der Waals surface area contributed by atoms with Gasteiger partial charge in [0.15, 0.2) is 0 Å². The van der Waals surface area contributed by atoms with Gasteiger partial charge in [0.25, 0.3) is 0 Å². The van der Waals surface area contributed by atoms with E-state index in [4.69, 9.17) is 9.84 Å². The van der Waals surface area contributed by atoms with Gasteiger partial charge in [0.05, 0.1) is 12.2 Å². The minimum Gasteiger partial charge on any atom is -0.481 e. The zero-order valence-corrected chi connectivity index (χ0v) is 14.7. The van der Waals surface area contributed by atoms with Crippen molar-refractivity contribution in [1.82, 2.24) is 4.90 Å². The second-order valence-electron chi connectivity index (χ2n) is 6.91. The summed E-state index contributed by atoms with van der Waals surface area (Å²) in [5.74, 6) is 0.210. The van der Waals surface area contributed by atoms with E-state index in [0.29, 0.717) is 18.6 Å². The maximum absolute atomic E-state index is 10.5. The lowest BCUT2D eigenvalue weighted by molar-refractivity contribution is -0.137. The van der Waals surface area contributed by atoms with Crippen LogP contribution in [0.25, 0.3) is 0 Å². The molecule has 0 spiro atoms. The molecule has 0 unspecified atom stereocenters. The van der Waals surface area contributed by atoms with E-state index in [2.05, 4.69) is 11.8 Å². The topological polar surface area (TPSA) is 49.8 Å². The number of likely N-dealkylation sites (tertiary alicyclic amines) is 1. The van der Waals surface area contributed by atoms with E-state index in [9.17, 15) is 4.79 Å². The zero-order chi connectivity index (χ0) is 15.1. The monoisotopic (exact) mass is 333 g/mol. The van der Waals surface area contributed by atoms with Gasteiger partial charge in [0.1, 0.15) is 0 Å². The number of ether oxygens (including phenoxy) is 1. The highest BCUT2D eigenvalue weighted by Crippen LogP contribution is 2.28. The van der Waals surface area contributed by atoms with Crippen molar-refractivity contribution in [3.8, 4) is 0 Å². The van der Waals surface area contributed by atoms with Crippen molar-refractivity contribution in [2.75, 3.05) is 19.6 Å². The van der Waals surface area contributed by atoms with Crippen LogP contribution in [0.5, 0.6) is 0 Å². The normalized spacial score (nSPS) is 27.3. The van der Waals surface area contributed by atoms with Crippen LogP contribution in [0.4, 0.5) is 0 Å². The lowest BCUT2D eigenvalue weighted by atomic mass is 9.88. The summed E-state index contributed by atoms with van der Waals surface area (Å²) >= 11 is 0. The van der Waals surface area contributed by atoms with E-state index < -0.39 is 5.97 Å². The van der Waals surface area contributed by atoms with E-state index in [-0.39, 0.29) is 12.4 Å². The summed E-state index contributed by atoms with van der Waals surface area (Å²) in [6.07, 6.45) is 10.5. The smallest absolute Gasteiger partial charge is 0.303 e. The van der Waals surface area contributed by atoms with E-state index in [1.54, 1.807) is 0 Å². The zero-order valence-electron chi connectivity index (χ0n) is 13.8. The quantitative estimate of drug-likeness (QED) is 0.721. The lowest BCUT2D eigenvalue weighted by Crippen LogP contribution is -2.39. The van der Waals surface area contributed by atoms with Crippen molar-refractivity contribution in [2.45, 2.75) is 76.9 Å². The van der Waals surface area contributed by atoms with Gasteiger partial charge in [-0.05, 0) is 63.8 Å². The van der Waals surface area contributed by atoms with Crippen molar-refractivity contribution in [2.24, 2.45) is 5.92 Å². The highest BCUT2D eigenvalue weighted by atomic mass is 35.5. The Morgan fingerprint density at radius 3 is 2.23 bits per heavy atom. The van der Waals surface area contributed by atoms with Crippen LogP contribution in [0.15, 0.2) is 0 Å². The predicted octanol–water partition coefficient (Wildman–Crippen LogP) is 3.72. The Kier molecular flexibility index (Phi) is 9.37. The number of nitrogens with zero attached hydrogens (tertiary/aromatic N) is 1. The number of hydrogen-bond acceptors (Lipinski definition) is 3. The number of aliphatic carboxylic acids is 1. The van der Waals surface area contributed by atoms with Crippen molar-refractivity contribution in [1.29, 1.82) is 0 Å². The Morgan fingerprint density at radius 1 is 1.05 bits per heavy atom. The molecule has 0 aromatic heterocycles. The third kappa shape index (κ3) is 7.30. The first-order chi connectivity index (χ1) is 10.1. The number of carboxylic acid groups (broad SMARTS) is 1. The summed E-state index contributed by atoms with van der Waals surface area (Å²) in [5, 5.41) is 8.63. The van der Waals surface area contributed by atoms with Crippen LogP contribution in [0.1, 0.15) is 64.7 Å². The van der Waals surface area contributed by atoms with E-state index >= 15 is 0 Å². The third-order valence-electron chi connectivity index (χ3n) is 5.00. The average molecular weight is 334 g/mol. The molecule has 1 N–H and O–H groups in total. The molecule has 1 aliphatic heterocycles. The van der Waals surface area contributed by atoms with Gasteiger partial charge in [-0.25, -0.2) is 0 Å². The van der Waals surface area contributed by atoms with Gasteiger partial charge >= 0.3 is 5.97 Å². The Labute approximate surface area is 141 Å².